The average molecular weight is 307 g/mol. The van der Waals surface area contributed by atoms with Gasteiger partial charge in [-0.1, -0.05) is 29.3 Å². The maximum atomic E-state index is 12.1. The minimum Gasteiger partial charge on any atom is -0.496 e. The summed E-state index contributed by atoms with van der Waals surface area (Å²) < 4.78 is 10.6. The molecule has 2 aromatic rings. The van der Waals surface area contributed by atoms with Crippen LogP contribution >= 0.6 is 0 Å². The molecule has 1 aliphatic rings. The molecule has 3 rings (SSSR count). The molecule has 0 radical (unpaired) electrons. The number of methoxy groups -OCH3 is 1. The Morgan fingerprint density at radius 1 is 1.09 bits per heavy atom. The Kier molecular flexibility index (Phi) is 3.98. The fraction of sp³-hybridized carbons (Fsp3) is 0.158. The first-order valence-electron chi connectivity index (χ1n) is 7.31. The van der Waals surface area contributed by atoms with Crippen LogP contribution in [0.4, 0.5) is 0 Å². The number of benzene rings is 2. The summed E-state index contributed by atoms with van der Waals surface area (Å²) in [6, 6.07) is 13.5. The van der Waals surface area contributed by atoms with Crippen LogP contribution < -0.4 is 4.74 Å². The first kappa shape index (κ1) is 15.0. The Labute approximate surface area is 135 Å². The van der Waals surface area contributed by atoms with Gasteiger partial charge < -0.3 is 9.47 Å². The van der Waals surface area contributed by atoms with Gasteiger partial charge in [0.15, 0.2) is 5.70 Å². The van der Waals surface area contributed by atoms with E-state index in [4.69, 9.17) is 9.47 Å². The molecule has 0 fully saturated rings. The molecule has 1 heterocycles. The second-order valence-corrected chi connectivity index (χ2v) is 5.45. The minimum atomic E-state index is -0.454. The van der Waals surface area contributed by atoms with Gasteiger partial charge in [0.1, 0.15) is 5.75 Å². The Hall–Kier alpha value is -2.88. The molecular weight excluding hydrogens is 290 g/mol. The van der Waals surface area contributed by atoms with Gasteiger partial charge in [0, 0.05) is 11.1 Å². The van der Waals surface area contributed by atoms with Crippen molar-refractivity contribution in [3.8, 4) is 5.75 Å². The second-order valence-electron chi connectivity index (χ2n) is 5.45. The van der Waals surface area contributed by atoms with Crippen LogP contribution in [0.3, 0.4) is 0 Å². The number of carbonyl (C=O) groups is 1. The van der Waals surface area contributed by atoms with Crippen LogP contribution in [0.1, 0.15) is 22.3 Å². The van der Waals surface area contributed by atoms with E-state index in [1.807, 2.05) is 56.3 Å². The average Bonchev–Trinajstić information content (AvgIpc) is 2.89. The highest BCUT2D eigenvalue weighted by molar-refractivity contribution is 6.13. The summed E-state index contributed by atoms with van der Waals surface area (Å²) in [5.41, 5.74) is 4.02. The molecular formula is C19H17NO3. The smallest absolute Gasteiger partial charge is 0.363 e. The summed E-state index contributed by atoms with van der Waals surface area (Å²) in [4.78, 5) is 16.4. The van der Waals surface area contributed by atoms with Gasteiger partial charge in [0.05, 0.1) is 7.11 Å². The van der Waals surface area contributed by atoms with E-state index >= 15 is 0 Å². The third-order valence-corrected chi connectivity index (χ3v) is 3.56. The molecule has 0 saturated heterocycles. The van der Waals surface area contributed by atoms with Crippen LogP contribution in [0.15, 0.2) is 53.2 Å². The van der Waals surface area contributed by atoms with Crippen molar-refractivity contribution in [2.24, 2.45) is 4.99 Å². The lowest BCUT2D eigenvalue weighted by atomic mass is 10.1. The molecule has 0 bridgehead atoms. The van der Waals surface area contributed by atoms with Crippen LogP contribution in [0.2, 0.25) is 0 Å². The van der Waals surface area contributed by atoms with E-state index < -0.39 is 5.97 Å². The van der Waals surface area contributed by atoms with Gasteiger partial charge in [0.25, 0.3) is 0 Å². The lowest BCUT2D eigenvalue weighted by molar-refractivity contribution is -0.129. The molecule has 0 aliphatic carbocycles. The summed E-state index contributed by atoms with van der Waals surface area (Å²) in [7, 11) is 1.60. The number of cyclic esters (lactones) is 1. The van der Waals surface area contributed by atoms with Gasteiger partial charge in [0.2, 0.25) is 5.90 Å². The molecule has 1 aliphatic heterocycles. The zero-order valence-corrected chi connectivity index (χ0v) is 13.3. The number of aliphatic imine (C=N–C) groups is 1. The normalized spacial score (nSPS) is 15.5. The fourth-order valence-electron chi connectivity index (χ4n) is 2.42. The number of carbonyl (C=O) groups excluding carboxylic acids is 1. The Morgan fingerprint density at radius 2 is 1.87 bits per heavy atom. The number of aryl methyl sites for hydroxylation is 2. The Morgan fingerprint density at radius 3 is 2.61 bits per heavy atom. The standard InChI is InChI=1S/C19H17NO3/c1-12-5-4-6-14(9-12)18-20-16(19(21)23-18)11-15-10-13(2)7-8-17(15)22-3/h4-11H,1-3H3/b16-11-. The highest BCUT2D eigenvalue weighted by Gasteiger charge is 2.24. The zero-order valence-electron chi connectivity index (χ0n) is 13.3. The van der Waals surface area contributed by atoms with Gasteiger partial charge in [-0.05, 0) is 44.2 Å². The summed E-state index contributed by atoms with van der Waals surface area (Å²) in [6.07, 6.45) is 1.69. The molecule has 116 valence electrons. The maximum absolute atomic E-state index is 12.1. The summed E-state index contributed by atoms with van der Waals surface area (Å²) >= 11 is 0. The summed E-state index contributed by atoms with van der Waals surface area (Å²) in [5, 5.41) is 0. The lowest BCUT2D eigenvalue weighted by Gasteiger charge is -2.05. The van der Waals surface area contributed by atoms with E-state index in [2.05, 4.69) is 4.99 Å². The molecule has 0 unspecified atom stereocenters. The second kappa shape index (κ2) is 6.08. The van der Waals surface area contributed by atoms with Gasteiger partial charge in [-0.25, -0.2) is 9.79 Å². The summed E-state index contributed by atoms with van der Waals surface area (Å²) in [5.74, 6) is 0.566. The predicted molar refractivity (Wildman–Crippen MR) is 89.5 cm³/mol. The SMILES string of the molecule is COc1ccc(C)cc1/C=C1\N=C(c2cccc(C)c2)OC1=O. The monoisotopic (exact) mass is 307 g/mol. The van der Waals surface area contributed by atoms with Crippen molar-refractivity contribution < 1.29 is 14.3 Å². The van der Waals surface area contributed by atoms with E-state index in [-0.39, 0.29) is 5.70 Å². The number of ether oxygens (including phenoxy) is 2. The number of nitrogens with zero attached hydrogens (tertiary/aromatic N) is 1. The molecule has 4 heteroatoms. The Balaban J connectivity index is 2.00. The van der Waals surface area contributed by atoms with E-state index in [9.17, 15) is 4.79 Å². The molecule has 2 aromatic carbocycles. The van der Waals surface area contributed by atoms with Crippen molar-refractivity contribution in [1.29, 1.82) is 0 Å². The quantitative estimate of drug-likeness (QED) is 0.642. The van der Waals surface area contributed by atoms with E-state index in [1.54, 1.807) is 13.2 Å². The van der Waals surface area contributed by atoms with Crippen molar-refractivity contribution in [3.63, 3.8) is 0 Å². The van der Waals surface area contributed by atoms with E-state index in [0.717, 1.165) is 22.3 Å². The van der Waals surface area contributed by atoms with Crippen LogP contribution in [0.25, 0.3) is 6.08 Å². The van der Waals surface area contributed by atoms with Crippen molar-refractivity contribution in [2.45, 2.75) is 13.8 Å². The zero-order chi connectivity index (χ0) is 16.4. The molecule has 0 N–H and O–H groups in total. The highest BCUT2D eigenvalue weighted by atomic mass is 16.6. The molecule has 0 spiro atoms. The van der Waals surface area contributed by atoms with Crippen molar-refractivity contribution >= 4 is 17.9 Å². The van der Waals surface area contributed by atoms with Gasteiger partial charge in [-0.2, -0.15) is 0 Å². The van der Waals surface area contributed by atoms with Gasteiger partial charge in [-0.3, -0.25) is 0 Å². The van der Waals surface area contributed by atoms with E-state index in [0.29, 0.717) is 11.6 Å². The molecule has 0 amide bonds. The number of rotatable bonds is 3. The number of esters is 1. The fourth-order valence-corrected chi connectivity index (χ4v) is 2.42. The topological polar surface area (TPSA) is 47.9 Å². The Bertz CT molecular complexity index is 834. The first-order valence-corrected chi connectivity index (χ1v) is 7.31. The third kappa shape index (κ3) is 3.16. The number of hydrogen-bond acceptors (Lipinski definition) is 4. The lowest BCUT2D eigenvalue weighted by Crippen LogP contribution is -2.05. The van der Waals surface area contributed by atoms with E-state index in [1.165, 1.54) is 0 Å². The number of hydrogen-bond donors (Lipinski definition) is 0. The predicted octanol–water partition coefficient (Wildman–Crippen LogP) is 3.66. The largest absolute Gasteiger partial charge is 0.496 e. The van der Waals surface area contributed by atoms with Crippen molar-refractivity contribution in [1.82, 2.24) is 0 Å². The van der Waals surface area contributed by atoms with Crippen LogP contribution in [0.5, 0.6) is 5.75 Å². The molecule has 0 atom stereocenters. The third-order valence-electron chi connectivity index (χ3n) is 3.56. The molecule has 0 aromatic heterocycles. The summed E-state index contributed by atoms with van der Waals surface area (Å²) in [6.45, 7) is 3.96. The van der Waals surface area contributed by atoms with Crippen molar-refractivity contribution in [2.75, 3.05) is 7.11 Å². The van der Waals surface area contributed by atoms with Crippen LogP contribution in [0, 0.1) is 13.8 Å². The minimum absolute atomic E-state index is 0.269. The van der Waals surface area contributed by atoms with Crippen LogP contribution in [-0.2, 0) is 9.53 Å². The van der Waals surface area contributed by atoms with Crippen LogP contribution in [-0.4, -0.2) is 19.0 Å². The van der Waals surface area contributed by atoms with Crippen molar-refractivity contribution in [3.05, 3.63) is 70.4 Å². The maximum Gasteiger partial charge on any atom is 0.363 e. The molecule has 23 heavy (non-hydrogen) atoms. The highest BCUT2D eigenvalue weighted by Crippen LogP contribution is 2.25. The molecule has 4 nitrogen and oxygen atoms in total. The van der Waals surface area contributed by atoms with Gasteiger partial charge >= 0.3 is 5.97 Å². The van der Waals surface area contributed by atoms with Gasteiger partial charge in [-0.15, -0.1) is 0 Å². The molecule has 0 saturated carbocycles. The first-order chi connectivity index (χ1) is 11.1.